The van der Waals surface area contributed by atoms with Gasteiger partial charge in [-0.25, -0.2) is 9.97 Å². The Morgan fingerprint density at radius 2 is 1.67 bits per heavy atom. The third-order valence-electron chi connectivity index (χ3n) is 5.07. The summed E-state index contributed by atoms with van der Waals surface area (Å²) >= 11 is 0. The highest BCUT2D eigenvalue weighted by atomic mass is 16.5. The molecule has 0 spiro atoms. The first-order valence-electron chi connectivity index (χ1n) is 9.61. The molecule has 3 heterocycles. The van der Waals surface area contributed by atoms with Crippen molar-refractivity contribution in [3.8, 4) is 0 Å². The van der Waals surface area contributed by atoms with E-state index in [1.165, 1.54) is 31.3 Å². The molecule has 1 N–H and O–H groups in total. The summed E-state index contributed by atoms with van der Waals surface area (Å²) < 4.78 is 5.36. The SMILES string of the molecule is O=C(Nc1ccc(N2CCCCC2)cc1)c1cc(N2CCOCC2)ncn1. The lowest BCUT2D eigenvalue weighted by molar-refractivity contribution is 0.102. The van der Waals surface area contributed by atoms with Crippen LogP contribution >= 0.6 is 0 Å². The standard InChI is InChI=1S/C20H25N5O2/c26-20(18-14-19(22-15-21-18)25-10-12-27-13-11-25)23-16-4-6-17(7-5-16)24-8-2-1-3-9-24/h4-7,14-15H,1-3,8-13H2,(H,23,26). The van der Waals surface area contributed by atoms with Gasteiger partial charge in [0, 0.05) is 43.6 Å². The number of rotatable bonds is 4. The molecule has 0 saturated carbocycles. The number of nitrogens with one attached hydrogen (secondary N) is 1. The fourth-order valence-corrected chi connectivity index (χ4v) is 3.54. The van der Waals surface area contributed by atoms with E-state index < -0.39 is 0 Å². The maximum Gasteiger partial charge on any atom is 0.274 e. The van der Waals surface area contributed by atoms with Crippen molar-refractivity contribution in [1.82, 2.24) is 9.97 Å². The second kappa shape index (κ2) is 8.35. The van der Waals surface area contributed by atoms with Gasteiger partial charge in [0.1, 0.15) is 17.8 Å². The van der Waals surface area contributed by atoms with Gasteiger partial charge in [-0.15, -0.1) is 0 Å². The van der Waals surface area contributed by atoms with Crippen molar-refractivity contribution >= 4 is 23.1 Å². The second-order valence-electron chi connectivity index (χ2n) is 6.91. The molecule has 2 saturated heterocycles. The summed E-state index contributed by atoms with van der Waals surface area (Å²) in [6, 6.07) is 9.78. The number of carbonyl (C=O) groups is 1. The molecule has 7 heteroatoms. The van der Waals surface area contributed by atoms with Crippen molar-refractivity contribution in [2.45, 2.75) is 19.3 Å². The number of carbonyl (C=O) groups excluding carboxylic acids is 1. The minimum Gasteiger partial charge on any atom is -0.378 e. The Labute approximate surface area is 159 Å². The molecule has 1 amide bonds. The van der Waals surface area contributed by atoms with Gasteiger partial charge in [-0.1, -0.05) is 0 Å². The van der Waals surface area contributed by atoms with E-state index in [-0.39, 0.29) is 5.91 Å². The van der Waals surface area contributed by atoms with E-state index >= 15 is 0 Å². The van der Waals surface area contributed by atoms with Gasteiger partial charge < -0.3 is 19.9 Å². The monoisotopic (exact) mass is 367 g/mol. The predicted octanol–water partition coefficient (Wildman–Crippen LogP) is 2.56. The zero-order valence-electron chi connectivity index (χ0n) is 15.4. The Morgan fingerprint density at radius 1 is 0.926 bits per heavy atom. The Bertz CT molecular complexity index is 768. The van der Waals surface area contributed by atoms with Gasteiger partial charge in [0.25, 0.3) is 5.91 Å². The molecular formula is C20H25N5O2. The third-order valence-corrected chi connectivity index (χ3v) is 5.07. The zero-order chi connectivity index (χ0) is 18.5. The summed E-state index contributed by atoms with van der Waals surface area (Å²) in [7, 11) is 0. The van der Waals surface area contributed by atoms with Crippen LogP contribution in [0.4, 0.5) is 17.2 Å². The summed E-state index contributed by atoms with van der Waals surface area (Å²) in [6.45, 7) is 5.11. The lowest BCUT2D eigenvalue weighted by Crippen LogP contribution is -2.37. The molecule has 0 aliphatic carbocycles. The predicted molar refractivity (Wildman–Crippen MR) is 106 cm³/mol. The number of nitrogens with zero attached hydrogens (tertiary/aromatic N) is 4. The Hall–Kier alpha value is -2.67. The van der Waals surface area contributed by atoms with Crippen LogP contribution < -0.4 is 15.1 Å². The first-order chi connectivity index (χ1) is 13.3. The molecule has 0 radical (unpaired) electrons. The van der Waals surface area contributed by atoms with Crippen LogP contribution in [0, 0.1) is 0 Å². The van der Waals surface area contributed by atoms with Crippen LogP contribution in [0.5, 0.6) is 0 Å². The van der Waals surface area contributed by atoms with Gasteiger partial charge in [0.05, 0.1) is 13.2 Å². The van der Waals surface area contributed by atoms with Crippen molar-refractivity contribution in [2.24, 2.45) is 0 Å². The average Bonchev–Trinajstić information content (AvgIpc) is 2.75. The van der Waals surface area contributed by atoms with E-state index in [0.29, 0.717) is 18.9 Å². The van der Waals surface area contributed by atoms with Crippen molar-refractivity contribution in [3.05, 3.63) is 42.4 Å². The van der Waals surface area contributed by atoms with Crippen LogP contribution in [0.2, 0.25) is 0 Å². The number of hydrogen-bond donors (Lipinski definition) is 1. The maximum absolute atomic E-state index is 12.6. The molecule has 2 aliphatic heterocycles. The molecule has 27 heavy (non-hydrogen) atoms. The Balaban J connectivity index is 1.41. The largest absolute Gasteiger partial charge is 0.378 e. The average molecular weight is 367 g/mol. The van der Waals surface area contributed by atoms with E-state index in [1.54, 1.807) is 6.07 Å². The minimum atomic E-state index is -0.224. The molecule has 0 unspecified atom stereocenters. The number of amides is 1. The first kappa shape index (κ1) is 17.7. The number of morpholine rings is 1. The maximum atomic E-state index is 12.6. The van der Waals surface area contributed by atoms with Crippen LogP contribution in [0.1, 0.15) is 29.8 Å². The summed E-state index contributed by atoms with van der Waals surface area (Å²) in [5.41, 5.74) is 2.35. The fraction of sp³-hybridized carbons (Fsp3) is 0.450. The van der Waals surface area contributed by atoms with Gasteiger partial charge in [-0.05, 0) is 43.5 Å². The van der Waals surface area contributed by atoms with Crippen molar-refractivity contribution in [1.29, 1.82) is 0 Å². The van der Waals surface area contributed by atoms with Crippen molar-refractivity contribution in [2.75, 3.05) is 54.5 Å². The lowest BCUT2D eigenvalue weighted by Gasteiger charge is -2.28. The second-order valence-corrected chi connectivity index (χ2v) is 6.91. The highest BCUT2D eigenvalue weighted by Gasteiger charge is 2.16. The first-order valence-corrected chi connectivity index (χ1v) is 9.61. The molecule has 142 valence electrons. The molecule has 1 aromatic carbocycles. The molecule has 0 atom stereocenters. The van der Waals surface area contributed by atoms with E-state index in [0.717, 1.165) is 37.7 Å². The van der Waals surface area contributed by atoms with Gasteiger partial charge in [0.2, 0.25) is 0 Å². The normalized spacial score (nSPS) is 17.6. The molecular weight excluding hydrogens is 342 g/mol. The fourth-order valence-electron chi connectivity index (χ4n) is 3.54. The van der Waals surface area contributed by atoms with Gasteiger partial charge >= 0.3 is 0 Å². The molecule has 2 fully saturated rings. The minimum absolute atomic E-state index is 0.224. The van der Waals surface area contributed by atoms with E-state index in [4.69, 9.17) is 4.74 Å². The topological polar surface area (TPSA) is 70.6 Å². The van der Waals surface area contributed by atoms with Crippen molar-refractivity contribution < 1.29 is 9.53 Å². The van der Waals surface area contributed by atoms with Crippen LogP contribution in [0.3, 0.4) is 0 Å². The summed E-state index contributed by atoms with van der Waals surface area (Å²) in [5, 5.41) is 2.93. The van der Waals surface area contributed by atoms with Crippen LogP contribution in [-0.2, 0) is 4.74 Å². The Kier molecular flexibility index (Phi) is 5.48. The smallest absolute Gasteiger partial charge is 0.274 e. The number of aromatic nitrogens is 2. The zero-order valence-corrected chi connectivity index (χ0v) is 15.4. The molecule has 2 aromatic rings. The molecule has 4 rings (SSSR count). The van der Waals surface area contributed by atoms with Gasteiger partial charge in [0.15, 0.2) is 0 Å². The number of hydrogen-bond acceptors (Lipinski definition) is 6. The third kappa shape index (κ3) is 4.36. The van der Waals surface area contributed by atoms with E-state index in [1.807, 2.05) is 12.1 Å². The Morgan fingerprint density at radius 3 is 2.41 bits per heavy atom. The summed E-state index contributed by atoms with van der Waals surface area (Å²) in [4.78, 5) is 25.5. The van der Waals surface area contributed by atoms with Crippen LogP contribution in [0.25, 0.3) is 0 Å². The number of benzene rings is 1. The number of ether oxygens (including phenoxy) is 1. The molecule has 2 aliphatic rings. The van der Waals surface area contributed by atoms with E-state index in [9.17, 15) is 4.79 Å². The number of anilines is 3. The highest BCUT2D eigenvalue weighted by molar-refractivity contribution is 6.03. The quantitative estimate of drug-likeness (QED) is 0.896. The van der Waals surface area contributed by atoms with Crippen molar-refractivity contribution in [3.63, 3.8) is 0 Å². The van der Waals surface area contributed by atoms with Crippen LogP contribution in [-0.4, -0.2) is 55.3 Å². The highest BCUT2D eigenvalue weighted by Crippen LogP contribution is 2.22. The molecule has 7 nitrogen and oxygen atoms in total. The van der Waals surface area contributed by atoms with Gasteiger partial charge in [-0.3, -0.25) is 4.79 Å². The summed E-state index contributed by atoms with van der Waals surface area (Å²) in [5.74, 6) is 0.538. The summed E-state index contributed by atoms with van der Waals surface area (Å²) in [6.07, 6.45) is 5.25. The lowest BCUT2D eigenvalue weighted by atomic mass is 10.1. The van der Waals surface area contributed by atoms with Crippen LogP contribution in [0.15, 0.2) is 36.7 Å². The molecule has 0 bridgehead atoms. The molecule has 1 aromatic heterocycles. The van der Waals surface area contributed by atoms with E-state index in [2.05, 4.69) is 37.2 Å². The van der Waals surface area contributed by atoms with Gasteiger partial charge in [-0.2, -0.15) is 0 Å². The number of piperidine rings is 1.